The first-order valence-corrected chi connectivity index (χ1v) is 12.8. The number of aromatic nitrogens is 2. The number of likely N-dealkylation sites (tertiary alicyclic amines) is 1. The van der Waals surface area contributed by atoms with E-state index in [1.54, 1.807) is 7.05 Å². The number of rotatable bonds is 6. The van der Waals surface area contributed by atoms with E-state index in [0.29, 0.717) is 18.3 Å². The van der Waals surface area contributed by atoms with E-state index < -0.39 is 0 Å². The summed E-state index contributed by atoms with van der Waals surface area (Å²) in [6.45, 7) is 9.42. The molecule has 1 atom stereocenters. The Balaban J connectivity index is 1.27. The third-order valence-electron chi connectivity index (χ3n) is 7.79. The number of carbonyl (C=O) groups is 1. The molecule has 1 amide bonds. The van der Waals surface area contributed by atoms with E-state index >= 15 is 0 Å². The zero-order valence-electron chi connectivity index (χ0n) is 21.5. The van der Waals surface area contributed by atoms with Crippen LogP contribution in [0, 0.1) is 25.7 Å². The normalized spacial score (nSPS) is 19.7. The second kappa shape index (κ2) is 10.8. The number of piperidine rings is 2. The maximum Gasteiger partial charge on any atom is 0.332 e. The second-order valence-electron chi connectivity index (χ2n) is 10.4. The Morgan fingerprint density at radius 1 is 1.00 bits per heavy atom. The van der Waals surface area contributed by atoms with Crippen LogP contribution in [-0.2, 0) is 25.4 Å². The maximum atomic E-state index is 13.0. The van der Waals surface area contributed by atoms with Gasteiger partial charge in [0.15, 0.2) is 0 Å². The Bertz CT molecular complexity index is 1180. The predicted octanol–water partition coefficient (Wildman–Crippen LogP) is 1.95. The lowest BCUT2D eigenvalue weighted by Gasteiger charge is -2.35. The summed E-state index contributed by atoms with van der Waals surface area (Å²) in [6.07, 6.45) is 3.88. The van der Waals surface area contributed by atoms with Crippen LogP contribution >= 0.6 is 0 Å². The first-order valence-electron chi connectivity index (χ1n) is 12.8. The van der Waals surface area contributed by atoms with Crippen LogP contribution in [0.4, 0.5) is 5.82 Å². The number of benzene rings is 1. The first kappa shape index (κ1) is 25.2. The number of carbonyl (C=O) groups excluding carboxylic acids is 1. The Morgan fingerprint density at radius 2 is 1.74 bits per heavy atom. The van der Waals surface area contributed by atoms with Crippen molar-refractivity contribution in [3.05, 3.63) is 61.8 Å². The van der Waals surface area contributed by atoms with Crippen molar-refractivity contribution in [2.45, 2.75) is 46.1 Å². The molecular formula is C27H39N5O3. The zero-order chi connectivity index (χ0) is 25.1. The summed E-state index contributed by atoms with van der Waals surface area (Å²) >= 11 is 0. The topological polar surface area (TPSA) is 79.6 Å². The SMILES string of the molecule is Cc1ccc(C)c(CN2CCC(CNC(=O)[C@@H]3CCCN(c4cc(=O)n(C)c(=O)n4C)C3)CC2)c1. The molecule has 190 valence electrons. The van der Waals surface area contributed by atoms with Crippen LogP contribution in [-0.4, -0.2) is 52.7 Å². The highest BCUT2D eigenvalue weighted by Gasteiger charge is 2.28. The second-order valence-corrected chi connectivity index (χ2v) is 10.4. The summed E-state index contributed by atoms with van der Waals surface area (Å²) in [5.41, 5.74) is 3.40. The average molecular weight is 482 g/mol. The minimum Gasteiger partial charge on any atom is -0.357 e. The Labute approximate surface area is 207 Å². The summed E-state index contributed by atoms with van der Waals surface area (Å²) in [4.78, 5) is 42.0. The molecule has 0 saturated carbocycles. The van der Waals surface area contributed by atoms with Crippen molar-refractivity contribution in [2.24, 2.45) is 25.9 Å². The van der Waals surface area contributed by atoms with Crippen molar-refractivity contribution in [3.63, 3.8) is 0 Å². The van der Waals surface area contributed by atoms with Gasteiger partial charge in [-0.2, -0.15) is 0 Å². The molecule has 1 N–H and O–H groups in total. The number of anilines is 1. The van der Waals surface area contributed by atoms with Gasteiger partial charge in [0.25, 0.3) is 5.56 Å². The number of nitrogens with zero attached hydrogens (tertiary/aromatic N) is 4. The van der Waals surface area contributed by atoms with Gasteiger partial charge in [0, 0.05) is 46.3 Å². The third-order valence-corrected chi connectivity index (χ3v) is 7.79. The van der Waals surface area contributed by atoms with Gasteiger partial charge < -0.3 is 10.2 Å². The van der Waals surface area contributed by atoms with E-state index in [1.807, 2.05) is 4.90 Å². The molecule has 3 heterocycles. The fourth-order valence-corrected chi connectivity index (χ4v) is 5.37. The van der Waals surface area contributed by atoms with Crippen molar-refractivity contribution >= 4 is 11.7 Å². The van der Waals surface area contributed by atoms with Crippen LogP contribution < -0.4 is 21.5 Å². The lowest BCUT2D eigenvalue weighted by atomic mass is 9.94. The molecule has 4 rings (SSSR count). The van der Waals surface area contributed by atoms with E-state index in [4.69, 9.17) is 0 Å². The summed E-state index contributed by atoms with van der Waals surface area (Å²) in [5, 5.41) is 3.20. The van der Waals surface area contributed by atoms with Gasteiger partial charge in [0.1, 0.15) is 5.82 Å². The van der Waals surface area contributed by atoms with Crippen molar-refractivity contribution in [1.82, 2.24) is 19.4 Å². The Kier molecular flexibility index (Phi) is 7.79. The Hall–Kier alpha value is -2.87. The van der Waals surface area contributed by atoms with Crippen LogP contribution in [0.5, 0.6) is 0 Å². The number of aryl methyl sites for hydroxylation is 2. The molecule has 8 heteroatoms. The Morgan fingerprint density at radius 3 is 2.49 bits per heavy atom. The van der Waals surface area contributed by atoms with Gasteiger partial charge >= 0.3 is 5.69 Å². The van der Waals surface area contributed by atoms with Gasteiger partial charge in [-0.05, 0) is 69.7 Å². The fraction of sp³-hybridized carbons (Fsp3) is 0.593. The van der Waals surface area contributed by atoms with Crippen molar-refractivity contribution in [3.8, 4) is 0 Å². The van der Waals surface area contributed by atoms with E-state index in [0.717, 1.165) is 63.0 Å². The number of hydrogen-bond donors (Lipinski definition) is 1. The number of amides is 1. The molecule has 8 nitrogen and oxygen atoms in total. The molecular weight excluding hydrogens is 442 g/mol. The summed E-state index contributed by atoms with van der Waals surface area (Å²) in [7, 11) is 3.16. The van der Waals surface area contributed by atoms with Gasteiger partial charge in [0.2, 0.25) is 5.91 Å². The van der Waals surface area contributed by atoms with E-state index in [-0.39, 0.29) is 23.1 Å². The highest BCUT2D eigenvalue weighted by atomic mass is 16.2. The largest absolute Gasteiger partial charge is 0.357 e. The van der Waals surface area contributed by atoms with Crippen LogP contribution in [0.25, 0.3) is 0 Å². The summed E-state index contributed by atoms with van der Waals surface area (Å²) in [5.74, 6) is 1.05. The lowest BCUT2D eigenvalue weighted by Crippen LogP contribution is -2.47. The van der Waals surface area contributed by atoms with Crippen molar-refractivity contribution < 1.29 is 4.79 Å². The minimum absolute atomic E-state index is 0.0846. The number of hydrogen-bond acceptors (Lipinski definition) is 5. The molecule has 0 aliphatic carbocycles. The molecule has 1 aromatic heterocycles. The van der Waals surface area contributed by atoms with E-state index in [1.165, 1.54) is 34.4 Å². The highest BCUT2D eigenvalue weighted by Crippen LogP contribution is 2.23. The van der Waals surface area contributed by atoms with E-state index in [2.05, 4.69) is 42.3 Å². The van der Waals surface area contributed by atoms with Gasteiger partial charge in [-0.1, -0.05) is 23.8 Å². The molecule has 2 aliphatic rings. The lowest BCUT2D eigenvalue weighted by molar-refractivity contribution is -0.125. The molecule has 1 aromatic carbocycles. The summed E-state index contributed by atoms with van der Waals surface area (Å²) in [6, 6.07) is 8.16. The highest BCUT2D eigenvalue weighted by molar-refractivity contribution is 5.79. The zero-order valence-corrected chi connectivity index (χ0v) is 21.5. The monoisotopic (exact) mass is 481 g/mol. The van der Waals surface area contributed by atoms with Crippen LogP contribution in [0.15, 0.2) is 33.9 Å². The quantitative estimate of drug-likeness (QED) is 0.682. The standard InChI is InChI=1S/C27H39N5O3/c1-19-7-8-20(2)23(14-19)17-31-12-9-21(10-13-31)16-28-26(34)22-6-5-11-32(18-22)24-15-25(33)30(4)27(35)29(24)3/h7-8,14-15,21-22H,5-6,9-13,16-18H2,1-4H3,(H,28,34)/t22-/m1/s1. The molecule has 2 aromatic rings. The summed E-state index contributed by atoms with van der Waals surface area (Å²) < 4.78 is 2.60. The van der Waals surface area contributed by atoms with Gasteiger partial charge in [-0.3, -0.25) is 23.6 Å². The maximum absolute atomic E-state index is 13.0. The molecule has 35 heavy (non-hydrogen) atoms. The molecule has 0 bridgehead atoms. The van der Waals surface area contributed by atoms with Gasteiger partial charge in [0.05, 0.1) is 5.92 Å². The molecule has 2 fully saturated rings. The molecule has 2 aliphatic heterocycles. The van der Waals surface area contributed by atoms with Crippen molar-refractivity contribution in [1.29, 1.82) is 0 Å². The molecule has 0 unspecified atom stereocenters. The fourth-order valence-electron chi connectivity index (χ4n) is 5.37. The molecule has 0 radical (unpaired) electrons. The predicted molar refractivity (Wildman–Crippen MR) is 139 cm³/mol. The van der Waals surface area contributed by atoms with Crippen LogP contribution in [0.1, 0.15) is 42.4 Å². The van der Waals surface area contributed by atoms with Crippen LogP contribution in [0.3, 0.4) is 0 Å². The molecule has 2 saturated heterocycles. The first-order chi connectivity index (χ1) is 16.7. The number of nitrogens with one attached hydrogen (secondary N) is 1. The molecule has 0 spiro atoms. The minimum atomic E-state index is -0.344. The van der Waals surface area contributed by atoms with Gasteiger partial charge in [-0.25, -0.2) is 4.79 Å². The van der Waals surface area contributed by atoms with Gasteiger partial charge in [-0.15, -0.1) is 0 Å². The third kappa shape index (κ3) is 5.86. The van der Waals surface area contributed by atoms with Crippen LogP contribution in [0.2, 0.25) is 0 Å². The smallest absolute Gasteiger partial charge is 0.332 e. The average Bonchev–Trinajstić information content (AvgIpc) is 2.86. The van der Waals surface area contributed by atoms with Crippen molar-refractivity contribution in [2.75, 3.05) is 37.6 Å². The van der Waals surface area contributed by atoms with E-state index in [9.17, 15) is 14.4 Å².